The zero-order valence-corrected chi connectivity index (χ0v) is 12.8. The van der Waals surface area contributed by atoms with Crippen LogP contribution in [0.2, 0.25) is 0 Å². The first-order chi connectivity index (χ1) is 9.10. The monoisotopic (exact) mass is 285 g/mol. The molecule has 19 heavy (non-hydrogen) atoms. The molecule has 0 aromatic heterocycles. The molecule has 0 aliphatic rings. The van der Waals surface area contributed by atoms with Crippen LogP contribution >= 0.6 is 11.8 Å². The molecule has 108 valence electrons. The summed E-state index contributed by atoms with van der Waals surface area (Å²) in [5, 5.41) is 10.1. The minimum Gasteiger partial charge on any atom is -0.388 e. The summed E-state index contributed by atoms with van der Waals surface area (Å²) in [4.78, 5) is 2.25. The van der Waals surface area contributed by atoms with Crippen LogP contribution in [0.1, 0.15) is 31.4 Å². The summed E-state index contributed by atoms with van der Waals surface area (Å²) in [6.45, 7) is 2.94. The van der Waals surface area contributed by atoms with E-state index < -0.39 is 6.10 Å². The fourth-order valence-electron chi connectivity index (χ4n) is 2.16. The van der Waals surface area contributed by atoms with Gasteiger partial charge in [0.1, 0.15) is 5.82 Å². The van der Waals surface area contributed by atoms with Gasteiger partial charge in [0, 0.05) is 23.9 Å². The van der Waals surface area contributed by atoms with Gasteiger partial charge < -0.3 is 10.0 Å². The van der Waals surface area contributed by atoms with Crippen LogP contribution in [0.3, 0.4) is 0 Å². The second kappa shape index (κ2) is 8.56. The molecule has 0 radical (unpaired) electrons. The molecule has 2 atom stereocenters. The number of thioether (sulfide) groups is 1. The molecule has 0 aliphatic heterocycles. The standard InChI is InChI=1S/C15H24FNOS/c1-4-12(11-19-3)17(2)10-9-15(18)13-7-5-6-8-14(13)16/h5-8,12,15,18H,4,9-11H2,1-3H3. The number of aliphatic hydroxyl groups is 1. The molecular formula is C15H24FNOS. The first-order valence-corrected chi connectivity index (χ1v) is 8.11. The van der Waals surface area contributed by atoms with Gasteiger partial charge >= 0.3 is 0 Å². The molecule has 1 aromatic carbocycles. The Kier molecular flexibility index (Phi) is 7.42. The first-order valence-electron chi connectivity index (χ1n) is 6.71. The largest absolute Gasteiger partial charge is 0.388 e. The Hall–Kier alpha value is -0.580. The highest BCUT2D eigenvalue weighted by Crippen LogP contribution is 2.20. The predicted molar refractivity (Wildman–Crippen MR) is 81.1 cm³/mol. The van der Waals surface area contributed by atoms with Crippen LogP contribution < -0.4 is 0 Å². The number of rotatable bonds is 8. The molecule has 0 aliphatic carbocycles. The minimum atomic E-state index is -0.726. The molecule has 0 saturated heterocycles. The highest BCUT2D eigenvalue weighted by atomic mass is 32.2. The lowest BCUT2D eigenvalue weighted by molar-refractivity contribution is 0.135. The summed E-state index contributed by atoms with van der Waals surface area (Å²) in [5.74, 6) is 0.761. The summed E-state index contributed by atoms with van der Waals surface area (Å²) in [7, 11) is 2.07. The molecule has 0 amide bonds. The molecular weight excluding hydrogens is 261 g/mol. The predicted octanol–water partition coefficient (Wildman–Crippen LogP) is 3.32. The van der Waals surface area contributed by atoms with Gasteiger partial charge in [0.2, 0.25) is 0 Å². The highest BCUT2D eigenvalue weighted by molar-refractivity contribution is 7.98. The second-order valence-electron chi connectivity index (χ2n) is 4.82. The van der Waals surface area contributed by atoms with E-state index in [2.05, 4.69) is 25.1 Å². The Morgan fingerprint density at radius 3 is 2.63 bits per heavy atom. The fourth-order valence-corrected chi connectivity index (χ4v) is 3.03. The maximum atomic E-state index is 13.5. The Morgan fingerprint density at radius 1 is 1.37 bits per heavy atom. The lowest BCUT2D eigenvalue weighted by atomic mass is 10.1. The van der Waals surface area contributed by atoms with Crippen LogP contribution in [0.5, 0.6) is 0 Å². The molecule has 1 rings (SSSR count). The van der Waals surface area contributed by atoms with Crippen LogP contribution in [-0.2, 0) is 0 Å². The van der Waals surface area contributed by atoms with Crippen molar-refractivity contribution >= 4 is 11.8 Å². The highest BCUT2D eigenvalue weighted by Gasteiger charge is 2.16. The molecule has 0 fully saturated rings. The quantitative estimate of drug-likeness (QED) is 0.792. The number of halogens is 1. The molecule has 4 heteroatoms. The van der Waals surface area contributed by atoms with E-state index in [1.165, 1.54) is 6.07 Å². The third kappa shape index (κ3) is 5.13. The molecule has 1 N–H and O–H groups in total. The van der Waals surface area contributed by atoms with Gasteiger partial charge in [0.15, 0.2) is 0 Å². The van der Waals surface area contributed by atoms with E-state index in [1.807, 2.05) is 11.8 Å². The van der Waals surface area contributed by atoms with Gasteiger partial charge in [-0.3, -0.25) is 0 Å². The smallest absolute Gasteiger partial charge is 0.128 e. The van der Waals surface area contributed by atoms with E-state index in [1.54, 1.807) is 18.2 Å². The van der Waals surface area contributed by atoms with E-state index in [0.29, 0.717) is 18.0 Å². The van der Waals surface area contributed by atoms with Gasteiger partial charge in [0.25, 0.3) is 0 Å². The van der Waals surface area contributed by atoms with E-state index in [9.17, 15) is 9.50 Å². The average Bonchev–Trinajstić information content (AvgIpc) is 2.42. The van der Waals surface area contributed by atoms with Gasteiger partial charge in [-0.05, 0) is 32.2 Å². The summed E-state index contributed by atoms with van der Waals surface area (Å²) in [5.41, 5.74) is 0.397. The third-order valence-corrected chi connectivity index (χ3v) is 4.19. The SMILES string of the molecule is CCC(CSC)N(C)CCC(O)c1ccccc1F. The molecule has 2 nitrogen and oxygen atoms in total. The molecule has 0 spiro atoms. The lowest BCUT2D eigenvalue weighted by Gasteiger charge is -2.27. The van der Waals surface area contributed by atoms with Crippen molar-refractivity contribution in [1.82, 2.24) is 4.90 Å². The lowest BCUT2D eigenvalue weighted by Crippen LogP contribution is -2.34. The van der Waals surface area contributed by atoms with E-state index in [4.69, 9.17) is 0 Å². The van der Waals surface area contributed by atoms with Crippen LogP contribution in [-0.4, -0.2) is 41.6 Å². The molecule has 0 saturated carbocycles. The Morgan fingerprint density at radius 2 is 2.05 bits per heavy atom. The van der Waals surface area contributed by atoms with Gasteiger partial charge in [-0.15, -0.1) is 0 Å². The number of hydrogen-bond acceptors (Lipinski definition) is 3. The summed E-state index contributed by atoms with van der Waals surface area (Å²) < 4.78 is 13.5. The molecule has 0 heterocycles. The fraction of sp³-hybridized carbons (Fsp3) is 0.600. The first kappa shape index (κ1) is 16.5. The van der Waals surface area contributed by atoms with Crippen molar-refractivity contribution in [3.8, 4) is 0 Å². The maximum Gasteiger partial charge on any atom is 0.128 e. The number of benzene rings is 1. The van der Waals surface area contributed by atoms with Crippen LogP contribution in [0, 0.1) is 5.82 Å². The number of nitrogens with zero attached hydrogens (tertiary/aromatic N) is 1. The molecule has 1 aromatic rings. The van der Waals surface area contributed by atoms with E-state index in [0.717, 1.165) is 18.7 Å². The van der Waals surface area contributed by atoms with Crippen molar-refractivity contribution in [3.63, 3.8) is 0 Å². The van der Waals surface area contributed by atoms with Crippen LogP contribution in [0.15, 0.2) is 24.3 Å². The molecule has 2 unspecified atom stereocenters. The Labute approximate surface area is 120 Å². The zero-order valence-electron chi connectivity index (χ0n) is 12.0. The van der Waals surface area contributed by atoms with Gasteiger partial charge in [-0.1, -0.05) is 25.1 Å². The minimum absolute atomic E-state index is 0.325. The number of hydrogen-bond donors (Lipinski definition) is 1. The van der Waals surface area contributed by atoms with Crippen molar-refractivity contribution in [1.29, 1.82) is 0 Å². The van der Waals surface area contributed by atoms with E-state index in [-0.39, 0.29) is 5.82 Å². The zero-order chi connectivity index (χ0) is 14.3. The van der Waals surface area contributed by atoms with Crippen molar-refractivity contribution < 1.29 is 9.50 Å². The van der Waals surface area contributed by atoms with Gasteiger partial charge in [0.05, 0.1) is 6.10 Å². The Bertz CT molecular complexity index is 375. The Balaban J connectivity index is 2.50. The summed E-state index contributed by atoms with van der Waals surface area (Å²) >= 11 is 1.83. The van der Waals surface area contributed by atoms with Gasteiger partial charge in [-0.2, -0.15) is 11.8 Å². The van der Waals surface area contributed by atoms with Crippen molar-refractivity contribution in [2.45, 2.75) is 31.9 Å². The third-order valence-electron chi connectivity index (χ3n) is 3.47. The average molecular weight is 285 g/mol. The van der Waals surface area contributed by atoms with Crippen LogP contribution in [0.25, 0.3) is 0 Å². The van der Waals surface area contributed by atoms with Crippen molar-refractivity contribution in [3.05, 3.63) is 35.6 Å². The topological polar surface area (TPSA) is 23.5 Å². The second-order valence-corrected chi connectivity index (χ2v) is 5.73. The van der Waals surface area contributed by atoms with Gasteiger partial charge in [-0.25, -0.2) is 4.39 Å². The summed E-state index contributed by atoms with van der Waals surface area (Å²) in [6.07, 6.45) is 3.02. The van der Waals surface area contributed by atoms with Crippen molar-refractivity contribution in [2.75, 3.05) is 25.6 Å². The van der Waals surface area contributed by atoms with Crippen LogP contribution in [0.4, 0.5) is 4.39 Å². The summed E-state index contributed by atoms with van der Waals surface area (Å²) in [6, 6.07) is 6.96. The normalized spacial score (nSPS) is 14.6. The number of aliphatic hydroxyl groups excluding tert-OH is 1. The van der Waals surface area contributed by atoms with E-state index >= 15 is 0 Å². The van der Waals surface area contributed by atoms with Crippen molar-refractivity contribution in [2.24, 2.45) is 0 Å². The molecule has 0 bridgehead atoms. The maximum absolute atomic E-state index is 13.5.